The van der Waals surface area contributed by atoms with E-state index in [1.54, 1.807) is 32.2 Å². The average Bonchev–Trinajstić information content (AvgIpc) is 3.30. The fourth-order valence-corrected chi connectivity index (χ4v) is 3.72. The quantitative estimate of drug-likeness (QED) is 0.401. The van der Waals surface area contributed by atoms with Gasteiger partial charge in [-0.2, -0.15) is 0 Å². The first-order valence-electron chi connectivity index (χ1n) is 11.6. The highest BCUT2D eigenvalue weighted by Crippen LogP contribution is 2.28. The maximum absolute atomic E-state index is 13.0. The summed E-state index contributed by atoms with van der Waals surface area (Å²) in [5.41, 5.74) is 2.26. The van der Waals surface area contributed by atoms with Gasteiger partial charge in [0.25, 0.3) is 5.91 Å². The molecule has 0 aliphatic rings. The van der Waals surface area contributed by atoms with E-state index in [1.165, 1.54) is 5.56 Å². The summed E-state index contributed by atoms with van der Waals surface area (Å²) in [4.78, 5) is 17.0. The topological polar surface area (TPSA) is 55.2 Å². The van der Waals surface area contributed by atoms with Crippen LogP contribution in [0.2, 0.25) is 0 Å². The molecular weight excluding hydrogens is 428 g/mol. The molecule has 0 saturated heterocycles. The van der Waals surface area contributed by atoms with Crippen molar-refractivity contribution in [3.63, 3.8) is 0 Å². The lowest BCUT2D eigenvalue weighted by Crippen LogP contribution is -2.40. The molecule has 1 heterocycles. The molecule has 6 nitrogen and oxygen atoms in total. The monoisotopic (exact) mass is 464 g/mol. The highest BCUT2D eigenvalue weighted by molar-refractivity contribution is 5.91. The predicted molar refractivity (Wildman–Crippen MR) is 134 cm³/mol. The number of ether oxygens (including phenoxy) is 2. The fourth-order valence-electron chi connectivity index (χ4n) is 3.72. The smallest absolute Gasteiger partial charge is 0.289 e. The van der Waals surface area contributed by atoms with Crippen LogP contribution in [0.5, 0.6) is 11.5 Å². The number of furan rings is 1. The van der Waals surface area contributed by atoms with E-state index in [0.29, 0.717) is 36.8 Å². The van der Waals surface area contributed by atoms with Gasteiger partial charge in [0, 0.05) is 25.7 Å². The maximum atomic E-state index is 13.0. The number of amides is 1. The van der Waals surface area contributed by atoms with Crippen molar-refractivity contribution in [1.29, 1.82) is 0 Å². The molecule has 0 radical (unpaired) electrons. The highest BCUT2D eigenvalue weighted by atomic mass is 16.5. The summed E-state index contributed by atoms with van der Waals surface area (Å²) in [6.07, 6.45) is 0.699. The molecule has 0 atom stereocenters. The van der Waals surface area contributed by atoms with Crippen molar-refractivity contribution < 1.29 is 18.7 Å². The third kappa shape index (κ3) is 6.64. The van der Waals surface area contributed by atoms with Gasteiger partial charge in [0.15, 0.2) is 17.3 Å². The van der Waals surface area contributed by atoms with Crippen LogP contribution in [0.4, 0.5) is 0 Å². The molecule has 182 valence electrons. The number of rotatable bonds is 10. The van der Waals surface area contributed by atoms with Crippen LogP contribution in [-0.4, -0.2) is 49.1 Å². The summed E-state index contributed by atoms with van der Waals surface area (Å²) >= 11 is 0. The number of benzene rings is 2. The number of hydrogen-bond acceptors (Lipinski definition) is 5. The third-order valence-electron chi connectivity index (χ3n) is 5.91. The lowest BCUT2D eigenvalue weighted by atomic mass is 10.0. The summed E-state index contributed by atoms with van der Waals surface area (Å²) in [6, 6.07) is 19.9. The van der Waals surface area contributed by atoms with Crippen LogP contribution in [0.15, 0.2) is 65.1 Å². The van der Waals surface area contributed by atoms with Crippen molar-refractivity contribution in [2.24, 2.45) is 0 Å². The third-order valence-corrected chi connectivity index (χ3v) is 5.91. The van der Waals surface area contributed by atoms with Crippen LogP contribution in [0, 0.1) is 0 Å². The first-order chi connectivity index (χ1) is 16.2. The molecule has 0 spiro atoms. The molecule has 0 fully saturated rings. The Hall–Kier alpha value is -3.25. The van der Waals surface area contributed by atoms with Crippen molar-refractivity contribution in [3.05, 3.63) is 83.3 Å². The summed E-state index contributed by atoms with van der Waals surface area (Å²) in [5, 5.41) is 0. The molecule has 0 N–H and O–H groups in total. The molecule has 1 aromatic heterocycles. The van der Waals surface area contributed by atoms with Crippen molar-refractivity contribution in [3.8, 4) is 11.5 Å². The SMILES string of the molecule is COc1ccc(CCN(C)C(=O)c2ccc(CN(Cc3ccccc3)C(C)(C)C)o2)cc1OC. The number of carbonyl (C=O) groups excluding carboxylic acids is 1. The van der Waals surface area contributed by atoms with Crippen LogP contribution >= 0.6 is 0 Å². The van der Waals surface area contributed by atoms with Gasteiger partial charge in [0.1, 0.15) is 5.76 Å². The van der Waals surface area contributed by atoms with E-state index in [2.05, 4.69) is 49.9 Å². The summed E-state index contributed by atoms with van der Waals surface area (Å²) in [6.45, 7) is 8.56. The van der Waals surface area contributed by atoms with E-state index >= 15 is 0 Å². The maximum Gasteiger partial charge on any atom is 0.289 e. The zero-order valence-corrected chi connectivity index (χ0v) is 21.1. The second kappa shape index (κ2) is 11.3. The Kier molecular flexibility index (Phi) is 8.40. The second-order valence-corrected chi connectivity index (χ2v) is 9.44. The van der Waals surface area contributed by atoms with E-state index in [4.69, 9.17) is 13.9 Å². The molecule has 0 aliphatic heterocycles. The molecule has 1 amide bonds. The van der Waals surface area contributed by atoms with Gasteiger partial charge in [-0.05, 0) is 62.6 Å². The Morgan fingerprint density at radius 3 is 2.24 bits per heavy atom. The predicted octanol–water partition coefficient (Wildman–Crippen LogP) is 5.41. The number of nitrogens with zero attached hydrogens (tertiary/aromatic N) is 2. The molecule has 0 aliphatic carbocycles. The van der Waals surface area contributed by atoms with Crippen molar-refractivity contribution in [2.75, 3.05) is 27.8 Å². The Morgan fingerprint density at radius 1 is 0.882 bits per heavy atom. The van der Waals surface area contributed by atoms with Crippen LogP contribution in [0.1, 0.15) is 48.2 Å². The van der Waals surface area contributed by atoms with Crippen LogP contribution < -0.4 is 9.47 Å². The molecule has 6 heteroatoms. The summed E-state index contributed by atoms with van der Waals surface area (Å²) in [5.74, 6) is 2.39. The van der Waals surface area contributed by atoms with Crippen molar-refractivity contribution in [1.82, 2.24) is 9.80 Å². The minimum atomic E-state index is -0.128. The molecule has 0 unspecified atom stereocenters. The largest absolute Gasteiger partial charge is 0.493 e. The first-order valence-corrected chi connectivity index (χ1v) is 11.6. The van der Waals surface area contributed by atoms with Gasteiger partial charge in [-0.15, -0.1) is 0 Å². The standard InChI is InChI=1S/C28H36N2O4/c1-28(2,3)30(19-22-10-8-7-9-11-22)20-23-13-15-25(34-23)27(31)29(4)17-16-21-12-14-24(32-5)26(18-21)33-6/h7-15,18H,16-17,19-20H2,1-6H3. The Labute approximate surface area is 203 Å². The molecule has 0 bridgehead atoms. The highest BCUT2D eigenvalue weighted by Gasteiger charge is 2.24. The van der Waals surface area contributed by atoms with Gasteiger partial charge in [0.2, 0.25) is 0 Å². The number of methoxy groups -OCH3 is 2. The number of likely N-dealkylation sites (N-methyl/N-ethyl adjacent to an activating group) is 1. The van der Waals surface area contributed by atoms with E-state index < -0.39 is 0 Å². The molecule has 0 saturated carbocycles. The number of carbonyl (C=O) groups is 1. The Morgan fingerprint density at radius 2 is 1.59 bits per heavy atom. The molecule has 3 aromatic rings. The molecule has 34 heavy (non-hydrogen) atoms. The van der Waals surface area contributed by atoms with Gasteiger partial charge >= 0.3 is 0 Å². The minimum Gasteiger partial charge on any atom is -0.493 e. The van der Waals surface area contributed by atoms with Crippen LogP contribution in [0.3, 0.4) is 0 Å². The zero-order chi connectivity index (χ0) is 24.7. The van der Waals surface area contributed by atoms with Crippen molar-refractivity contribution in [2.45, 2.75) is 45.8 Å². The second-order valence-electron chi connectivity index (χ2n) is 9.44. The zero-order valence-electron chi connectivity index (χ0n) is 21.1. The molecular formula is C28H36N2O4. The Bertz CT molecular complexity index is 1070. The lowest BCUT2D eigenvalue weighted by Gasteiger charge is -2.35. The fraction of sp³-hybridized carbons (Fsp3) is 0.393. The number of hydrogen-bond donors (Lipinski definition) is 0. The van der Waals surface area contributed by atoms with Gasteiger partial charge < -0.3 is 18.8 Å². The van der Waals surface area contributed by atoms with Crippen molar-refractivity contribution >= 4 is 5.91 Å². The summed E-state index contributed by atoms with van der Waals surface area (Å²) < 4.78 is 16.6. The van der Waals surface area contributed by atoms with E-state index in [-0.39, 0.29) is 11.4 Å². The average molecular weight is 465 g/mol. The van der Waals surface area contributed by atoms with Gasteiger partial charge in [-0.3, -0.25) is 9.69 Å². The van der Waals surface area contributed by atoms with Gasteiger partial charge in [0.05, 0.1) is 20.8 Å². The lowest BCUT2D eigenvalue weighted by molar-refractivity contribution is 0.0753. The normalized spacial score (nSPS) is 11.5. The minimum absolute atomic E-state index is 0.0526. The summed E-state index contributed by atoms with van der Waals surface area (Å²) in [7, 11) is 5.03. The van der Waals surface area contributed by atoms with Crippen LogP contribution in [-0.2, 0) is 19.5 Å². The van der Waals surface area contributed by atoms with E-state index in [9.17, 15) is 4.79 Å². The van der Waals surface area contributed by atoms with Gasteiger partial charge in [-0.25, -0.2) is 0 Å². The van der Waals surface area contributed by atoms with E-state index in [1.807, 2.05) is 30.3 Å². The van der Waals surface area contributed by atoms with Gasteiger partial charge in [-0.1, -0.05) is 36.4 Å². The Balaban J connectivity index is 1.62. The molecule has 3 rings (SSSR count). The first kappa shape index (κ1) is 25.4. The van der Waals surface area contributed by atoms with Crippen LogP contribution in [0.25, 0.3) is 0 Å². The van der Waals surface area contributed by atoms with E-state index in [0.717, 1.165) is 17.9 Å². The molecule has 2 aromatic carbocycles.